The van der Waals surface area contributed by atoms with Crippen LogP contribution >= 0.6 is 0 Å². The van der Waals surface area contributed by atoms with Crippen LogP contribution in [0.25, 0.3) is 0 Å². The number of nitrogens with two attached hydrogens (primary N) is 1. The van der Waals surface area contributed by atoms with Gasteiger partial charge in [0.25, 0.3) is 0 Å². The Labute approximate surface area is 115 Å². The number of aryl methyl sites for hydroxylation is 2. The van der Waals surface area contributed by atoms with Crippen molar-refractivity contribution in [1.82, 2.24) is 4.72 Å². The van der Waals surface area contributed by atoms with Gasteiger partial charge in [0.05, 0.1) is 5.69 Å². The first-order valence-corrected chi connectivity index (χ1v) is 7.98. The molecule has 1 aliphatic carbocycles. The Morgan fingerprint density at radius 2 is 1.84 bits per heavy atom. The summed E-state index contributed by atoms with van der Waals surface area (Å²) in [5.41, 5.74) is 8.34. The molecular formula is C14H22N2O2S. The van der Waals surface area contributed by atoms with Crippen LogP contribution in [0, 0.1) is 25.2 Å². The standard InChI is InChI=1S/C14H22N2O2S/c1-9-5-12(15)13(6-10(9)2)19(17,18)16-8-11-7-14(11,3)4/h5-6,11,16H,7-8,15H2,1-4H3. The van der Waals surface area contributed by atoms with Crippen molar-refractivity contribution < 1.29 is 8.42 Å². The summed E-state index contributed by atoms with van der Waals surface area (Å²) in [5.74, 6) is 0.426. The molecule has 0 amide bonds. The number of hydrogen-bond acceptors (Lipinski definition) is 3. The fourth-order valence-electron chi connectivity index (χ4n) is 2.26. The summed E-state index contributed by atoms with van der Waals surface area (Å²) >= 11 is 0. The lowest BCUT2D eigenvalue weighted by Crippen LogP contribution is -2.27. The van der Waals surface area contributed by atoms with Crippen molar-refractivity contribution in [3.8, 4) is 0 Å². The highest BCUT2D eigenvalue weighted by atomic mass is 32.2. The summed E-state index contributed by atoms with van der Waals surface area (Å²) in [4.78, 5) is 0.189. The van der Waals surface area contributed by atoms with Gasteiger partial charge in [0, 0.05) is 6.54 Å². The third-order valence-electron chi connectivity index (χ3n) is 4.15. The summed E-state index contributed by atoms with van der Waals surface area (Å²) < 4.78 is 27.2. The maximum Gasteiger partial charge on any atom is 0.242 e. The second-order valence-electron chi connectivity index (χ2n) is 6.22. The molecule has 1 saturated carbocycles. The molecule has 1 fully saturated rings. The second kappa shape index (κ2) is 4.49. The molecule has 0 spiro atoms. The van der Waals surface area contributed by atoms with Gasteiger partial charge >= 0.3 is 0 Å². The van der Waals surface area contributed by atoms with Crippen LogP contribution in [0.1, 0.15) is 31.4 Å². The average Bonchev–Trinajstić information content (AvgIpc) is 2.89. The fourth-order valence-corrected chi connectivity index (χ4v) is 3.53. The quantitative estimate of drug-likeness (QED) is 0.832. The van der Waals surface area contributed by atoms with Gasteiger partial charge in [-0.1, -0.05) is 13.8 Å². The first-order valence-electron chi connectivity index (χ1n) is 6.50. The van der Waals surface area contributed by atoms with Gasteiger partial charge in [-0.2, -0.15) is 0 Å². The molecule has 0 saturated heterocycles. The topological polar surface area (TPSA) is 72.2 Å². The molecule has 4 nitrogen and oxygen atoms in total. The van der Waals surface area contributed by atoms with E-state index in [1.54, 1.807) is 12.1 Å². The highest BCUT2D eigenvalue weighted by molar-refractivity contribution is 7.89. The van der Waals surface area contributed by atoms with E-state index >= 15 is 0 Å². The molecule has 106 valence electrons. The van der Waals surface area contributed by atoms with Crippen molar-refractivity contribution in [2.45, 2.75) is 39.0 Å². The third-order valence-corrected chi connectivity index (χ3v) is 5.63. The Morgan fingerprint density at radius 3 is 2.37 bits per heavy atom. The Balaban J connectivity index is 2.18. The molecule has 1 atom stereocenters. The van der Waals surface area contributed by atoms with Crippen LogP contribution < -0.4 is 10.5 Å². The van der Waals surface area contributed by atoms with Gasteiger partial charge in [0.15, 0.2) is 0 Å². The van der Waals surface area contributed by atoms with E-state index in [2.05, 4.69) is 18.6 Å². The summed E-state index contributed by atoms with van der Waals surface area (Å²) in [6.45, 7) is 8.59. The number of nitrogens with one attached hydrogen (secondary N) is 1. The predicted molar refractivity (Wildman–Crippen MR) is 77.4 cm³/mol. The smallest absolute Gasteiger partial charge is 0.242 e. The van der Waals surface area contributed by atoms with E-state index in [4.69, 9.17) is 5.73 Å². The zero-order chi connectivity index (χ0) is 14.4. The van der Waals surface area contributed by atoms with E-state index in [9.17, 15) is 8.42 Å². The molecule has 1 unspecified atom stereocenters. The van der Waals surface area contributed by atoms with Gasteiger partial charge in [-0.15, -0.1) is 0 Å². The molecule has 2 rings (SSSR count). The largest absolute Gasteiger partial charge is 0.398 e. The Hall–Kier alpha value is -1.07. The number of sulfonamides is 1. The second-order valence-corrected chi connectivity index (χ2v) is 7.95. The zero-order valence-corrected chi connectivity index (χ0v) is 12.8. The van der Waals surface area contributed by atoms with Crippen molar-refractivity contribution in [3.63, 3.8) is 0 Å². The molecular weight excluding hydrogens is 260 g/mol. The Kier molecular flexibility index (Phi) is 3.39. The maximum atomic E-state index is 12.3. The van der Waals surface area contributed by atoms with Gasteiger partial charge in [-0.05, 0) is 54.9 Å². The van der Waals surface area contributed by atoms with Crippen LogP contribution in [0.3, 0.4) is 0 Å². The minimum atomic E-state index is -3.51. The lowest BCUT2D eigenvalue weighted by atomic mass is 10.1. The van der Waals surface area contributed by atoms with Crippen LogP contribution in [0.15, 0.2) is 17.0 Å². The Morgan fingerprint density at radius 1 is 1.32 bits per heavy atom. The minimum Gasteiger partial charge on any atom is -0.398 e. The van der Waals surface area contributed by atoms with Crippen LogP contribution in [0.5, 0.6) is 0 Å². The van der Waals surface area contributed by atoms with E-state index in [0.29, 0.717) is 18.2 Å². The fraction of sp³-hybridized carbons (Fsp3) is 0.571. The highest BCUT2D eigenvalue weighted by Crippen LogP contribution is 2.51. The van der Waals surface area contributed by atoms with Gasteiger partial charge in [0.2, 0.25) is 10.0 Å². The van der Waals surface area contributed by atoms with Gasteiger partial charge in [0.1, 0.15) is 4.90 Å². The van der Waals surface area contributed by atoms with Crippen molar-refractivity contribution in [1.29, 1.82) is 0 Å². The van der Waals surface area contributed by atoms with E-state index in [1.165, 1.54) is 0 Å². The lowest BCUT2D eigenvalue weighted by Gasteiger charge is -2.12. The Bertz CT molecular complexity index is 606. The molecule has 1 aromatic carbocycles. The van der Waals surface area contributed by atoms with E-state index in [1.807, 2.05) is 13.8 Å². The van der Waals surface area contributed by atoms with Crippen molar-refractivity contribution in [2.24, 2.45) is 11.3 Å². The molecule has 1 aromatic rings. The summed E-state index contributed by atoms with van der Waals surface area (Å²) in [6.07, 6.45) is 1.07. The summed E-state index contributed by atoms with van der Waals surface area (Å²) in [6, 6.07) is 3.36. The van der Waals surface area contributed by atoms with E-state index in [-0.39, 0.29) is 10.3 Å². The number of rotatable bonds is 4. The number of hydrogen-bond donors (Lipinski definition) is 2. The number of benzene rings is 1. The SMILES string of the molecule is Cc1cc(N)c(S(=O)(=O)NCC2CC2(C)C)cc1C. The van der Waals surface area contributed by atoms with Gasteiger partial charge in [-0.3, -0.25) is 0 Å². The first kappa shape index (κ1) is 14.3. The van der Waals surface area contributed by atoms with Crippen LogP contribution in [0.2, 0.25) is 0 Å². The zero-order valence-electron chi connectivity index (χ0n) is 11.9. The van der Waals surface area contributed by atoms with Crippen molar-refractivity contribution >= 4 is 15.7 Å². The molecule has 0 bridgehead atoms. The normalized spacial score (nSPS) is 21.4. The average molecular weight is 282 g/mol. The van der Waals surface area contributed by atoms with Crippen LogP contribution in [-0.4, -0.2) is 15.0 Å². The maximum absolute atomic E-state index is 12.3. The molecule has 0 heterocycles. The molecule has 1 aliphatic rings. The van der Waals surface area contributed by atoms with E-state index < -0.39 is 10.0 Å². The molecule has 0 aliphatic heterocycles. The number of anilines is 1. The van der Waals surface area contributed by atoms with Crippen LogP contribution in [-0.2, 0) is 10.0 Å². The molecule has 3 N–H and O–H groups in total. The highest BCUT2D eigenvalue weighted by Gasteiger charge is 2.45. The van der Waals surface area contributed by atoms with E-state index in [0.717, 1.165) is 17.5 Å². The lowest BCUT2D eigenvalue weighted by molar-refractivity contribution is 0.538. The molecule has 19 heavy (non-hydrogen) atoms. The predicted octanol–water partition coefficient (Wildman–Crippen LogP) is 2.21. The van der Waals surface area contributed by atoms with Gasteiger partial charge in [-0.25, -0.2) is 13.1 Å². The third kappa shape index (κ3) is 2.92. The summed E-state index contributed by atoms with van der Waals surface area (Å²) in [5, 5.41) is 0. The molecule has 0 aromatic heterocycles. The number of nitrogen functional groups attached to an aromatic ring is 1. The first-order chi connectivity index (χ1) is 8.63. The summed E-state index contributed by atoms with van der Waals surface area (Å²) in [7, 11) is -3.51. The monoisotopic (exact) mass is 282 g/mol. The van der Waals surface area contributed by atoms with Crippen LogP contribution in [0.4, 0.5) is 5.69 Å². The van der Waals surface area contributed by atoms with Crippen molar-refractivity contribution in [3.05, 3.63) is 23.3 Å². The molecule has 5 heteroatoms. The minimum absolute atomic E-state index is 0.189. The van der Waals surface area contributed by atoms with Crippen molar-refractivity contribution in [2.75, 3.05) is 12.3 Å². The molecule has 0 radical (unpaired) electrons. The van der Waals surface area contributed by atoms with Gasteiger partial charge < -0.3 is 5.73 Å².